The van der Waals surface area contributed by atoms with Gasteiger partial charge in [0.25, 0.3) is 11.5 Å². The zero-order chi connectivity index (χ0) is 29.6. The van der Waals surface area contributed by atoms with E-state index in [1.807, 2.05) is 5.38 Å². The van der Waals surface area contributed by atoms with Crippen molar-refractivity contribution in [3.8, 4) is 0 Å². The second kappa shape index (κ2) is 12.9. The summed E-state index contributed by atoms with van der Waals surface area (Å²) in [6, 6.07) is 3.16. The standard InChI is InChI=1S/C25H27N5O9S/c26-15(24(38)39)9-14(23(36)37)19(33)16(7-8-17(31)32)28-20(34)12-4-1-11(2-5-12)3-6-13-10-40-22-18(13)21(35)29-25(27)30-22/h1-2,4-5,10,14-16H,3,6-9,26H2,(H,28,34)(H,31,32)(H,36,37)(H,38,39)(H3,27,29,30,35)/t14?,15-,16-/m0/s1. The third-order valence-corrected chi connectivity index (χ3v) is 7.10. The number of aromatic amines is 1. The van der Waals surface area contributed by atoms with Gasteiger partial charge in [0.2, 0.25) is 5.95 Å². The second-order valence-electron chi connectivity index (χ2n) is 9.02. The number of aliphatic carboxylic acids is 3. The van der Waals surface area contributed by atoms with Gasteiger partial charge in [0, 0.05) is 12.0 Å². The number of H-pyrrole nitrogens is 1. The number of rotatable bonds is 14. The predicted molar refractivity (Wildman–Crippen MR) is 143 cm³/mol. The minimum atomic E-state index is -1.86. The number of fused-ring (bicyclic) bond motifs is 1. The van der Waals surface area contributed by atoms with Gasteiger partial charge in [0.05, 0.1) is 11.4 Å². The average Bonchev–Trinajstić information content (AvgIpc) is 3.30. The average molecular weight is 574 g/mol. The Hall–Kier alpha value is -4.63. The second-order valence-corrected chi connectivity index (χ2v) is 9.88. The molecular weight excluding hydrogens is 546 g/mol. The fraction of sp³-hybridized carbons (Fsp3) is 0.320. The number of carbonyl (C=O) groups excluding carboxylic acids is 2. The number of aryl methyl sites for hydroxylation is 2. The molecule has 3 rings (SSSR count). The van der Waals surface area contributed by atoms with Crippen LogP contribution >= 0.6 is 11.3 Å². The van der Waals surface area contributed by atoms with Crippen molar-refractivity contribution in [3.63, 3.8) is 0 Å². The van der Waals surface area contributed by atoms with Gasteiger partial charge in [-0.25, -0.2) is 4.98 Å². The number of amides is 1. The quantitative estimate of drug-likeness (QED) is 0.129. The van der Waals surface area contributed by atoms with Crippen LogP contribution in [0.5, 0.6) is 0 Å². The minimum Gasteiger partial charge on any atom is -0.481 e. The molecule has 0 spiro atoms. The van der Waals surface area contributed by atoms with Gasteiger partial charge in [-0.3, -0.25) is 33.8 Å². The van der Waals surface area contributed by atoms with Crippen molar-refractivity contribution in [2.24, 2.45) is 11.7 Å². The fourth-order valence-corrected chi connectivity index (χ4v) is 5.02. The SMILES string of the molecule is Nc1nc2scc(CCc3ccc(C(=O)N[C@@H](CCC(=O)O)C(=O)C(C[C@H](N)C(=O)O)C(=O)O)cc3)c2c(=O)[nH]1. The van der Waals surface area contributed by atoms with Gasteiger partial charge >= 0.3 is 17.9 Å². The van der Waals surface area contributed by atoms with E-state index in [1.165, 1.54) is 23.5 Å². The first-order valence-corrected chi connectivity index (χ1v) is 12.9. The molecule has 15 heteroatoms. The molecule has 2 aromatic heterocycles. The van der Waals surface area contributed by atoms with Crippen LogP contribution in [-0.4, -0.2) is 67.0 Å². The Morgan fingerprint density at radius 3 is 2.30 bits per heavy atom. The maximum atomic E-state index is 12.9. The topological polar surface area (TPSA) is 256 Å². The summed E-state index contributed by atoms with van der Waals surface area (Å²) in [6.45, 7) is 0. The van der Waals surface area contributed by atoms with Crippen molar-refractivity contribution >= 4 is 57.1 Å². The molecule has 14 nitrogen and oxygen atoms in total. The van der Waals surface area contributed by atoms with Crippen LogP contribution in [0, 0.1) is 5.92 Å². The number of nitrogens with zero attached hydrogens (tertiary/aromatic N) is 1. The van der Waals surface area contributed by atoms with Crippen LogP contribution in [0.3, 0.4) is 0 Å². The van der Waals surface area contributed by atoms with Crippen LogP contribution in [0.15, 0.2) is 34.4 Å². The Morgan fingerprint density at radius 2 is 1.70 bits per heavy atom. The van der Waals surface area contributed by atoms with E-state index < -0.39 is 66.9 Å². The molecule has 1 aromatic carbocycles. The number of thiophene rings is 1. The highest BCUT2D eigenvalue weighted by Gasteiger charge is 2.36. The molecule has 0 aliphatic heterocycles. The third-order valence-electron chi connectivity index (χ3n) is 6.18. The zero-order valence-corrected chi connectivity index (χ0v) is 21.8. The number of carbonyl (C=O) groups is 5. The Kier molecular flexibility index (Phi) is 9.68. The van der Waals surface area contributed by atoms with E-state index >= 15 is 0 Å². The summed E-state index contributed by atoms with van der Waals surface area (Å²) >= 11 is 1.30. The van der Waals surface area contributed by atoms with Crippen molar-refractivity contribution < 1.29 is 39.3 Å². The van der Waals surface area contributed by atoms with Crippen molar-refractivity contribution in [3.05, 3.63) is 56.7 Å². The van der Waals surface area contributed by atoms with Gasteiger partial charge < -0.3 is 32.1 Å². The predicted octanol–water partition coefficient (Wildman–Crippen LogP) is 0.387. The Balaban J connectivity index is 1.71. The van der Waals surface area contributed by atoms with Crippen LogP contribution < -0.4 is 22.3 Å². The van der Waals surface area contributed by atoms with Crippen LogP contribution in [0.4, 0.5) is 5.95 Å². The molecule has 212 valence electrons. The molecule has 3 aromatic rings. The molecule has 0 saturated carbocycles. The molecule has 9 N–H and O–H groups in total. The van der Waals surface area contributed by atoms with Gasteiger partial charge in [0.1, 0.15) is 16.8 Å². The van der Waals surface area contributed by atoms with Gasteiger partial charge in [-0.2, -0.15) is 0 Å². The van der Waals surface area contributed by atoms with Gasteiger partial charge in [0.15, 0.2) is 5.78 Å². The lowest BCUT2D eigenvalue weighted by Crippen LogP contribution is -2.47. The molecule has 0 bridgehead atoms. The smallest absolute Gasteiger partial charge is 0.320 e. The van der Waals surface area contributed by atoms with E-state index in [9.17, 15) is 33.9 Å². The van der Waals surface area contributed by atoms with E-state index in [-0.39, 0.29) is 17.1 Å². The number of Topliss-reactive ketones (excluding diaryl/α,β-unsaturated/α-hetero) is 1. The highest BCUT2D eigenvalue weighted by Crippen LogP contribution is 2.23. The number of hydrogen-bond acceptors (Lipinski definition) is 10. The van der Waals surface area contributed by atoms with E-state index in [4.69, 9.17) is 21.7 Å². The van der Waals surface area contributed by atoms with E-state index in [0.717, 1.165) is 11.1 Å². The highest BCUT2D eigenvalue weighted by atomic mass is 32.1. The zero-order valence-electron chi connectivity index (χ0n) is 21.0. The van der Waals surface area contributed by atoms with Gasteiger partial charge in [-0.1, -0.05) is 12.1 Å². The van der Waals surface area contributed by atoms with Gasteiger partial charge in [-0.15, -0.1) is 11.3 Å². The normalized spacial score (nSPS) is 13.3. The lowest BCUT2D eigenvalue weighted by Gasteiger charge is -2.22. The number of anilines is 1. The molecule has 0 saturated heterocycles. The number of carboxylic acid groups (broad SMARTS) is 3. The number of nitrogens with two attached hydrogens (primary N) is 2. The molecule has 0 fully saturated rings. The number of nitrogen functional groups attached to an aromatic ring is 1. The summed E-state index contributed by atoms with van der Waals surface area (Å²) in [7, 11) is 0. The first kappa shape index (κ1) is 29.9. The maximum Gasteiger partial charge on any atom is 0.320 e. The summed E-state index contributed by atoms with van der Waals surface area (Å²) in [5, 5.41) is 32.2. The van der Waals surface area contributed by atoms with E-state index in [0.29, 0.717) is 23.1 Å². The molecule has 40 heavy (non-hydrogen) atoms. The third kappa shape index (κ3) is 7.48. The summed E-state index contributed by atoms with van der Waals surface area (Å²) in [5.41, 5.74) is 12.4. The Morgan fingerprint density at radius 1 is 1.02 bits per heavy atom. The number of hydrogen-bond donors (Lipinski definition) is 7. The Bertz CT molecular complexity index is 1500. The molecule has 0 aliphatic carbocycles. The number of nitrogens with one attached hydrogen (secondary N) is 2. The fourth-order valence-electron chi connectivity index (χ4n) is 4.04. The molecule has 2 heterocycles. The number of aromatic nitrogens is 2. The van der Waals surface area contributed by atoms with Crippen LogP contribution in [0.25, 0.3) is 10.2 Å². The maximum absolute atomic E-state index is 12.9. The molecule has 0 radical (unpaired) electrons. The van der Waals surface area contributed by atoms with E-state index in [1.54, 1.807) is 12.1 Å². The largest absolute Gasteiger partial charge is 0.481 e. The Labute approximate surface area is 230 Å². The first-order chi connectivity index (χ1) is 18.9. The first-order valence-electron chi connectivity index (χ1n) is 12.0. The van der Waals surface area contributed by atoms with Crippen LogP contribution in [0.1, 0.15) is 40.7 Å². The summed E-state index contributed by atoms with van der Waals surface area (Å²) in [6.07, 6.45) is -0.637. The lowest BCUT2D eigenvalue weighted by molar-refractivity contribution is -0.148. The van der Waals surface area contributed by atoms with E-state index in [2.05, 4.69) is 15.3 Å². The summed E-state index contributed by atoms with van der Waals surface area (Å²) < 4.78 is 0. The highest BCUT2D eigenvalue weighted by molar-refractivity contribution is 7.16. The van der Waals surface area contributed by atoms with Crippen LogP contribution in [0.2, 0.25) is 0 Å². The van der Waals surface area contributed by atoms with Crippen molar-refractivity contribution in [1.82, 2.24) is 15.3 Å². The molecule has 1 amide bonds. The monoisotopic (exact) mass is 573 g/mol. The summed E-state index contributed by atoms with van der Waals surface area (Å²) in [5.74, 6) is -8.05. The number of ketones is 1. The molecule has 0 aliphatic rings. The lowest BCUT2D eigenvalue weighted by atomic mass is 9.89. The van der Waals surface area contributed by atoms with Crippen molar-refractivity contribution in [1.29, 1.82) is 0 Å². The van der Waals surface area contributed by atoms with Crippen molar-refractivity contribution in [2.75, 3.05) is 5.73 Å². The molecule has 1 unspecified atom stereocenters. The molecular formula is C25H27N5O9S. The van der Waals surface area contributed by atoms with Crippen LogP contribution in [-0.2, 0) is 32.0 Å². The molecule has 3 atom stereocenters. The number of benzene rings is 1. The number of carboxylic acids is 3. The summed E-state index contributed by atoms with van der Waals surface area (Å²) in [4.78, 5) is 79.0. The minimum absolute atomic E-state index is 0.0361. The van der Waals surface area contributed by atoms with Gasteiger partial charge in [-0.05, 0) is 54.3 Å². The van der Waals surface area contributed by atoms with Crippen molar-refractivity contribution in [2.45, 2.75) is 44.2 Å².